The minimum atomic E-state index is -3.58. The molecule has 0 bridgehead atoms. The number of aryl methyl sites for hydroxylation is 1. The fourth-order valence-electron chi connectivity index (χ4n) is 2.77. The summed E-state index contributed by atoms with van der Waals surface area (Å²) in [7, 11) is -3.58. The second-order valence-corrected chi connectivity index (χ2v) is 8.54. The Bertz CT molecular complexity index is 981. The molecule has 0 unspecified atom stereocenters. The van der Waals surface area contributed by atoms with Crippen LogP contribution in [0.3, 0.4) is 0 Å². The lowest BCUT2D eigenvalue weighted by Gasteiger charge is -2.25. The van der Waals surface area contributed by atoms with Gasteiger partial charge in [0.15, 0.2) is 0 Å². The number of hydrogen-bond acceptors (Lipinski definition) is 5. The largest absolute Gasteiger partial charge is 0.339 e. The first-order valence-corrected chi connectivity index (χ1v) is 10.3. The maximum Gasteiger partial charge on any atom is 0.243 e. The summed E-state index contributed by atoms with van der Waals surface area (Å²) in [5.74, 6) is 0.923. The van der Waals surface area contributed by atoms with Crippen LogP contribution in [0.2, 0.25) is 0 Å². The van der Waals surface area contributed by atoms with Crippen LogP contribution in [-0.2, 0) is 16.4 Å². The maximum atomic E-state index is 12.9. The van der Waals surface area contributed by atoms with Gasteiger partial charge < -0.3 is 4.52 Å². The molecule has 0 saturated carbocycles. The minimum Gasteiger partial charge on any atom is -0.339 e. The average Bonchev–Trinajstić information content (AvgIpc) is 3.11. The summed E-state index contributed by atoms with van der Waals surface area (Å²) in [6, 6.07) is 16.1. The molecule has 2 aromatic carbocycles. The Morgan fingerprint density at radius 1 is 1.04 bits per heavy atom. The highest BCUT2D eigenvalue weighted by atomic mass is 32.2. The molecule has 27 heavy (non-hydrogen) atoms. The third kappa shape index (κ3) is 4.43. The van der Waals surface area contributed by atoms with E-state index in [1.54, 1.807) is 30.3 Å². The van der Waals surface area contributed by atoms with Crippen LogP contribution >= 0.6 is 0 Å². The highest BCUT2D eigenvalue weighted by Gasteiger charge is 2.27. The topological polar surface area (TPSA) is 76.3 Å². The van der Waals surface area contributed by atoms with E-state index in [1.807, 2.05) is 45.0 Å². The van der Waals surface area contributed by atoms with Crippen molar-refractivity contribution in [3.63, 3.8) is 0 Å². The Morgan fingerprint density at radius 3 is 2.33 bits per heavy atom. The van der Waals surface area contributed by atoms with E-state index in [2.05, 4.69) is 10.1 Å². The van der Waals surface area contributed by atoms with Gasteiger partial charge in [-0.1, -0.05) is 53.2 Å². The fraction of sp³-hybridized carbons (Fsp3) is 0.300. The molecule has 0 aliphatic rings. The van der Waals surface area contributed by atoms with E-state index in [-0.39, 0.29) is 17.5 Å². The average molecular weight is 385 g/mol. The van der Waals surface area contributed by atoms with Crippen LogP contribution in [0.25, 0.3) is 11.4 Å². The molecule has 0 aliphatic carbocycles. The number of hydrogen-bond donors (Lipinski definition) is 0. The highest BCUT2D eigenvalue weighted by molar-refractivity contribution is 7.89. The van der Waals surface area contributed by atoms with Gasteiger partial charge in [-0.15, -0.1) is 0 Å². The molecule has 1 aromatic heterocycles. The van der Waals surface area contributed by atoms with Gasteiger partial charge in [0.25, 0.3) is 0 Å². The zero-order valence-corrected chi connectivity index (χ0v) is 16.5. The number of rotatable bonds is 7. The van der Waals surface area contributed by atoms with E-state index in [4.69, 9.17) is 4.52 Å². The summed E-state index contributed by atoms with van der Waals surface area (Å²) in [6.45, 7) is 5.99. The van der Waals surface area contributed by atoms with Crippen molar-refractivity contribution >= 4 is 10.0 Å². The molecule has 3 rings (SSSR count). The summed E-state index contributed by atoms with van der Waals surface area (Å²) < 4.78 is 32.6. The normalized spacial score (nSPS) is 12.0. The van der Waals surface area contributed by atoms with Crippen LogP contribution in [0, 0.1) is 6.92 Å². The zero-order chi connectivity index (χ0) is 19.4. The quantitative estimate of drug-likeness (QED) is 0.620. The molecule has 0 atom stereocenters. The lowest BCUT2D eigenvalue weighted by atomic mass is 10.1. The van der Waals surface area contributed by atoms with Crippen LogP contribution in [-0.4, -0.2) is 35.5 Å². The van der Waals surface area contributed by atoms with Crippen molar-refractivity contribution in [2.24, 2.45) is 0 Å². The Morgan fingerprint density at radius 2 is 1.70 bits per heavy atom. The Hall–Kier alpha value is -2.51. The van der Waals surface area contributed by atoms with E-state index in [0.717, 1.165) is 11.1 Å². The van der Waals surface area contributed by atoms with E-state index >= 15 is 0 Å². The van der Waals surface area contributed by atoms with Gasteiger partial charge in [-0.05, 0) is 32.9 Å². The smallest absolute Gasteiger partial charge is 0.243 e. The van der Waals surface area contributed by atoms with E-state index in [0.29, 0.717) is 18.1 Å². The molecule has 1 heterocycles. The number of benzene rings is 2. The second kappa shape index (κ2) is 8.02. The first-order valence-electron chi connectivity index (χ1n) is 8.84. The Kier molecular flexibility index (Phi) is 5.72. The molecular formula is C20H23N3O3S. The molecule has 3 aromatic rings. The van der Waals surface area contributed by atoms with Gasteiger partial charge >= 0.3 is 0 Å². The van der Waals surface area contributed by atoms with Crippen molar-refractivity contribution in [1.29, 1.82) is 0 Å². The predicted octanol–water partition coefficient (Wildman–Crippen LogP) is 3.69. The van der Waals surface area contributed by atoms with E-state index in [9.17, 15) is 8.42 Å². The lowest BCUT2D eigenvalue weighted by Crippen LogP contribution is -2.38. The summed E-state index contributed by atoms with van der Waals surface area (Å²) in [6.07, 6.45) is 0.350. The van der Waals surface area contributed by atoms with Gasteiger partial charge in [-0.2, -0.15) is 9.29 Å². The molecule has 0 amide bonds. The third-order valence-electron chi connectivity index (χ3n) is 4.25. The molecule has 7 heteroatoms. The molecule has 6 nitrogen and oxygen atoms in total. The van der Waals surface area contributed by atoms with Gasteiger partial charge in [0.05, 0.1) is 4.90 Å². The van der Waals surface area contributed by atoms with E-state index < -0.39 is 10.0 Å². The van der Waals surface area contributed by atoms with Crippen LogP contribution < -0.4 is 0 Å². The van der Waals surface area contributed by atoms with Crippen molar-refractivity contribution in [2.75, 3.05) is 6.54 Å². The predicted molar refractivity (Wildman–Crippen MR) is 104 cm³/mol. The van der Waals surface area contributed by atoms with Crippen LogP contribution in [0.1, 0.15) is 25.3 Å². The SMILES string of the molecule is Cc1ccc(-c2noc(CCN(C(C)C)S(=O)(=O)c3ccccc3)n2)cc1. The van der Waals surface area contributed by atoms with Crippen molar-refractivity contribution in [1.82, 2.24) is 14.4 Å². The molecule has 0 saturated heterocycles. The van der Waals surface area contributed by atoms with Gasteiger partial charge in [0.1, 0.15) is 0 Å². The third-order valence-corrected chi connectivity index (χ3v) is 6.34. The molecule has 0 N–H and O–H groups in total. The van der Waals surface area contributed by atoms with Crippen molar-refractivity contribution < 1.29 is 12.9 Å². The van der Waals surface area contributed by atoms with Crippen molar-refractivity contribution in [2.45, 2.75) is 38.1 Å². The Balaban J connectivity index is 1.75. The van der Waals surface area contributed by atoms with Gasteiger partial charge in [0.2, 0.25) is 21.7 Å². The standard InChI is InChI=1S/C20H23N3O3S/c1-15(2)23(27(24,25)18-7-5-4-6-8-18)14-13-19-21-20(22-26-19)17-11-9-16(3)10-12-17/h4-12,15H,13-14H2,1-3H3. The summed E-state index contributed by atoms with van der Waals surface area (Å²) in [5, 5.41) is 4.01. The number of aromatic nitrogens is 2. The monoisotopic (exact) mass is 385 g/mol. The molecule has 0 radical (unpaired) electrons. The summed E-state index contributed by atoms with van der Waals surface area (Å²) in [4.78, 5) is 4.68. The summed E-state index contributed by atoms with van der Waals surface area (Å²) in [5.41, 5.74) is 2.02. The maximum absolute atomic E-state index is 12.9. The van der Waals surface area contributed by atoms with Gasteiger partial charge in [-0.3, -0.25) is 0 Å². The Labute approximate surface area is 159 Å². The van der Waals surface area contributed by atoms with Gasteiger partial charge in [0, 0.05) is 24.6 Å². The molecule has 0 fully saturated rings. The fourth-order valence-corrected chi connectivity index (χ4v) is 4.42. The second-order valence-electron chi connectivity index (χ2n) is 6.65. The number of sulfonamides is 1. The molecular weight excluding hydrogens is 362 g/mol. The molecule has 0 aliphatic heterocycles. The van der Waals surface area contributed by atoms with Gasteiger partial charge in [-0.25, -0.2) is 8.42 Å². The van der Waals surface area contributed by atoms with Crippen molar-refractivity contribution in [3.8, 4) is 11.4 Å². The first-order chi connectivity index (χ1) is 12.9. The van der Waals surface area contributed by atoms with Crippen LogP contribution in [0.4, 0.5) is 0 Å². The number of nitrogens with zero attached hydrogens (tertiary/aromatic N) is 3. The zero-order valence-electron chi connectivity index (χ0n) is 15.7. The van der Waals surface area contributed by atoms with Crippen molar-refractivity contribution in [3.05, 3.63) is 66.1 Å². The van der Waals surface area contributed by atoms with Crippen LogP contribution in [0.15, 0.2) is 64.0 Å². The molecule has 0 spiro atoms. The molecule has 142 valence electrons. The minimum absolute atomic E-state index is 0.185. The summed E-state index contributed by atoms with van der Waals surface area (Å²) >= 11 is 0. The first kappa shape index (κ1) is 19.3. The lowest BCUT2D eigenvalue weighted by molar-refractivity contribution is 0.325. The van der Waals surface area contributed by atoms with E-state index in [1.165, 1.54) is 4.31 Å². The van der Waals surface area contributed by atoms with Crippen LogP contribution in [0.5, 0.6) is 0 Å². The highest BCUT2D eigenvalue weighted by Crippen LogP contribution is 2.20.